The molecule has 1 aliphatic carbocycles. The van der Waals surface area contributed by atoms with E-state index in [2.05, 4.69) is 0 Å². The van der Waals surface area contributed by atoms with E-state index in [1.807, 2.05) is 24.3 Å². The first-order valence-corrected chi connectivity index (χ1v) is 12.6. The van der Waals surface area contributed by atoms with E-state index in [0.29, 0.717) is 6.61 Å². The Morgan fingerprint density at radius 3 is 2.62 bits per heavy atom. The van der Waals surface area contributed by atoms with Gasteiger partial charge in [0.25, 0.3) is 16.0 Å². The lowest BCUT2D eigenvalue weighted by molar-refractivity contribution is -0.236. The van der Waals surface area contributed by atoms with Crippen LogP contribution in [0.3, 0.4) is 0 Å². The number of carbonyl (C=O) groups excluding carboxylic acids is 1. The Labute approximate surface area is 190 Å². The van der Waals surface area contributed by atoms with Gasteiger partial charge in [0.05, 0.1) is 25.5 Å². The lowest BCUT2D eigenvalue weighted by Gasteiger charge is -2.54. The van der Waals surface area contributed by atoms with E-state index in [9.17, 15) is 13.2 Å². The first-order valence-electron chi connectivity index (χ1n) is 10.8. The van der Waals surface area contributed by atoms with E-state index >= 15 is 0 Å². The van der Waals surface area contributed by atoms with Crippen molar-refractivity contribution in [3.05, 3.63) is 29.8 Å². The van der Waals surface area contributed by atoms with Gasteiger partial charge in [-0.25, -0.2) is 0 Å². The highest BCUT2D eigenvalue weighted by atomic mass is 32.2. The molecule has 1 saturated carbocycles. The molecule has 0 unspecified atom stereocenters. The normalized spacial score (nSPS) is 23.3. The number of hydrogen-bond donors (Lipinski definition) is 0. The smallest absolute Gasteiger partial charge is 0.264 e. The van der Waals surface area contributed by atoms with Gasteiger partial charge in [-0.05, 0) is 36.5 Å². The van der Waals surface area contributed by atoms with Crippen LogP contribution in [0.5, 0.6) is 5.75 Å². The molecule has 180 valence electrons. The number of benzene rings is 1. The van der Waals surface area contributed by atoms with E-state index in [4.69, 9.17) is 23.1 Å². The molecule has 1 saturated heterocycles. The van der Waals surface area contributed by atoms with Crippen molar-refractivity contribution in [1.82, 2.24) is 4.90 Å². The van der Waals surface area contributed by atoms with Crippen LogP contribution in [-0.2, 0) is 39.7 Å². The monoisotopic (exact) mass is 471 g/mol. The highest BCUT2D eigenvalue weighted by Crippen LogP contribution is 2.39. The fraction of sp³-hybridized carbons (Fsp3) is 0.682. The Balaban J connectivity index is 1.74. The Bertz CT molecular complexity index is 872. The van der Waals surface area contributed by atoms with Gasteiger partial charge in [-0.15, -0.1) is 0 Å². The number of nitrogens with zero attached hydrogens (tertiary/aromatic N) is 1. The van der Waals surface area contributed by atoms with Crippen LogP contribution < -0.4 is 4.74 Å². The van der Waals surface area contributed by atoms with Gasteiger partial charge in [-0.1, -0.05) is 25.0 Å². The van der Waals surface area contributed by atoms with Gasteiger partial charge in [0.2, 0.25) is 0 Å². The van der Waals surface area contributed by atoms with Gasteiger partial charge in [0.15, 0.2) is 5.60 Å². The molecule has 0 aromatic heterocycles. The second kappa shape index (κ2) is 10.9. The van der Waals surface area contributed by atoms with Crippen molar-refractivity contribution >= 4 is 16.0 Å². The van der Waals surface area contributed by atoms with Crippen LogP contribution in [0.4, 0.5) is 0 Å². The summed E-state index contributed by atoms with van der Waals surface area (Å²) in [5, 5.41) is 0. The number of ether oxygens (including phenoxy) is 4. The van der Waals surface area contributed by atoms with Crippen LogP contribution in [0, 0.1) is 5.92 Å². The van der Waals surface area contributed by atoms with Gasteiger partial charge < -0.3 is 23.8 Å². The van der Waals surface area contributed by atoms with Crippen LogP contribution in [0.25, 0.3) is 0 Å². The summed E-state index contributed by atoms with van der Waals surface area (Å²) in [7, 11) is -0.781. The average Bonchev–Trinajstić information content (AvgIpc) is 3.57. The van der Waals surface area contributed by atoms with E-state index < -0.39 is 21.8 Å². The molecule has 10 heteroatoms. The summed E-state index contributed by atoms with van der Waals surface area (Å²) in [6.07, 6.45) is 6.06. The highest BCUT2D eigenvalue weighted by Gasteiger charge is 2.62. The van der Waals surface area contributed by atoms with Gasteiger partial charge >= 0.3 is 0 Å². The maximum atomic E-state index is 13.1. The van der Waals surface area contributed by atoms with Crippen molar-refractivity contribution in [3.63, 3.8) is 0 Å². The zero-order chi connectivity index (χ0) is 23.2. The van der Waals surface area contributed by atoms with Gasteiger partial charge in [-0.2, -0.15) is 8.42 Å². The van der Waals surface area contributed by atoms with Crippen LogP contribution in [0.1, 0.15) is 31.2 Å². The third kappa shape index (κ3) is 6.41. The number of methoxy groups -OCH3 is 2. The summed E-state index contributed by atoms with van der Waals surface area (Å²) in [5.74, 6) is 1.28. The molecule has 1 amide bonds. The summed E-state index contributed by atoms with van der Waals surface area (Å²) in [5.41, 5.74) is -0.500. The molecule has 1 aromatic rings. The number of carbonyl (C=O) groups is 1. The molecule has 2 fully saturated rings. The first-order chi connectivity index (χ1) is 15.3. The molecule has 32 heavy (non-hydrogen) atoms. The van der Waals surface area contributed by atoms with Gasteiger partial charge in [0.1, 0.15) is 19.3 Å². The molecule has 1 heterocycles. The summed E-state index contributed by atoms with van der Waals surface area (Å²) in [6, 6.07) is 6.86. The van der Waals surface area contributed by atoms with Gasteiger partial charge in [0, 0.05) is 20.6 Å². The van der Waals surface area contributed by atoms with Crippen LogP contribution in [-0.4, -0.2) is 78.1 Å². The molecular weight excluding hydrogens is 438 g/mol. The molecule has 0 spiro atoms. The number of β-lactam (4-membered cyclic amide) rings is 1. The van der Waals surface area contributed by atoms with Crippen molar-refractivity contribution in [2.75, 3.05) is 47.2 Å². The SMILES string of the molecule is COCO[C@@]1(Cc2cccc(OCCCC3CC3)c2)C(=O)N(COC)[C@H]1COS(C)(=O)=O. The maximum Gasteiger partial charge on any atom is 0.264 e. The fourth-order valence-electron chi connectivity index (χ4n) is 4.00. The topological polar surface area (TPSA) is 101 Å². The van der Waals surface area contributed by atoms with Crippen molar-refractivity contribution in [2.24, 2.45) is 5.92 Å². The zero-order valence-corrected chi connectivity index (χ0v) is 19.8. The van der Waals surface area contributed by atoms with Gasteiger partial charge in [-0.3, -0.25) is 8.98 Å². The van der Waals surface area contributed by atoms with Crippen molar-refractivity contribution in [3.8, 4) is 5.75 Å². The number of amides is 1. The highest BCUT2D eigenvalue weighted by molar-refractivity contribution is 7.85. The standard InChI is InChI=1S/C22H33NO8S/c1-27-15-23-20(14-31-32(3,25)26)22(21(23)24,30-16-28-2)13-18-6-4-8-19(12-18)29-11-5-7-17-9-10-17/h4,6,8,12,17,20H,5,7,9-11,13-16H2,1-3H3/t20-,22+/m0/s1. The van der Waals surface area contributed by atoms with Crippen LogP contribution in [0.15, 0.2) is 24.3 Å². The third-order valence-corrected chi connectivity index (χ3v) is 6.33. The van der Waals surface area contributed by atoms with Crippen LogP contribution in [0.2, 0.25) is 0 Å². The molecule has 2 aliphatic rings. The summed E-state index contributed by atoms with van der Waals surface area (Å²) in [6.45, 7) is 0.282. The predicted molar refractivity (Wildman–Crippen MR) is 117 cm³/mol. The Morgan fingerprint density at radius 2 is 1.97 bits per heavy atom. The first kappa shape index (κ1) is 24.9. The maximum absolute atomic E-state index is 13.1. The predicted octanol–water partition coefficient (Wildman–Crippen LogP) is 1.95. The number of likely N-dealkylation sites (tertiary alicyclic amines) is 1. The lowest BCUT2D eigenvalue weighted by atomic mass is 9.78. The molecule has 0 radical (unpaired) electrons. The molecule has 1 aromatic carbocycles. The van der Waals surface area contributed by atoms with Crippen molar-refractivity contribution in [1.29, 1.82) is 0 Å². The Hall–Kier alpha value is -1.72. The second-order valence-corrected chi connectivity index (χ2v) is 10.0. The van der Waals surface area contributed by atoms with E-state index in [1.165, 1.54) is 38.4 Å². The largest absolute Gasteiger partial charge is 0.494 e. The third-order valence-electron chi connectivity index (χ3n) is 5.77. The van der Waals surface area contributed by atoms with E-state index in [-0.39, 0.29) is 32.5 Å². The Kier molecular flexibility index (Phi) is 8.51. The molecule has 0 bridgehead atoms. The van der Waals surface area contributed by atoms with E-state index in [1.54, 1.807) is 0 Å². The number of rotatable bonds is 15. The van der Waals surface area contributed by atoms with Crippen LogP contribution >= 0.6 is 0 Å². The zero-order valence-electron chi connectivity index (χ0n) is 18.9. The lowest BCUT2D eigenvalue weighted by Crippen LogP contribution is -2.77. The molecule has 3 rings (SSSR count). The molecule has 0 N–H and O–H groups in total. The Morgan fingerprint density at radius 1 is 1.19 bits per heavy atom. The summed E-state index contributed by atoms with van der Waals surface area (Å²) in [4.78, 5) is 14.5. The minimum absolute atomic E-state index is 0.00113. The van der Waals surface area contributed by atoms with Crippen molar-refractivity contribution < 1.29 is 36.3 Å². The minimum atomic E-state index is -3.70. The van der Waals surface area contributed by atoms with E-state index in [0.717, 1.165) is 29.9 Å². The fourth-order valence-corrected chi connectivity index (χ4v) is 4.37. The average molecular weight is 472 g/mol. The summed E-state index contributed by atoms with van der Waals surface area (Å²) >= 11 is 0. The molecule has 1 aliphatic heterocycles. The second-order valence-electron chi connectivity index (χ2n) is 8.40. The minimum Gasteiger partial charge on any atom is -0.494 e. The quantitative estimate of drug-likeness (QED) is 0.166. The summed E-state index contributed by atoms with van der Waals surface area (Å²) < 4.78 is 50.1. The number of hydrogen-bond acceptors (Lipinski definition) is 8. The van der Waals surface area contributed by atoms with Crippen molar-refractivity contribution in [2.45, 2.75) is 43.7 Å². The molecular formula is C22H33NO8S. The molecule has 9 nitrogen and oxygen atoms in total. The molecule has 2 atom stereocenters.